The molecule has 1 aliphatic rings. The van der Waals surface area contributed by atoms with Gasteiger partial charge in [0.2, 0.25) is 0 Å². The molecule has 0 spiro atoms. The van der Waals surface area contributed by atoms with Crippen molar-refractivity contribution in [2.24, 2.45) is 0 Å². The van der Waals surface area contributed by atoms with Gasteiger partial charge in [-0.15, -0.1) is 0 Å². The lowest BCUT2D eigenvalue weighted by Crippen LogP contribution is -2.48. The van der Waals surface area contributed by atoms with Crippen molar-refractivity contribution in [3.63, 3.8) is 0 Å². The van der Waals surface area contributed by atoms with Gasteiger partial charge in [0.25, 0.3) is 0 Å². The molecular formula is C25H51NO4Si. The number of unbranched alkanes of at least 4 members (excludes halogenated alkanes) is 11. The first-order chi connectivity index (χ1) is 14.6. The summed E-state index contributed by atoms with van der Waals surface area (Å²) in [5.74, 6) is 0. The monoisotopic (exact) mass is 457 g/mol. The maximum atomic E-state index is 11.8. The van der Waals surface area contributed by atoms with Gasteiger partial charge in [-0.1, -0.05) is 105 Å². The molecule has 1 heterocycles. The molecule has 1 fully saturated rings. The standard InChI is InChI=1S/C25H51NO4Si/c1-7-8-9-10-11-12-13-14-15-16-17-18-19-22(27)23-21(26-24(28)30-23)20-29-31(5,6)25(2,3)4/h21-23,27H,7-20H2,1-6H3,(H,26,28)/t21-,22+,23-/m0/s1. The molecule has 0 bridgehead atoms. The Morgan fingerprint density at radius 2 is 1.45 bits per heavy atom. The Labute approximate surface area is 193 Å². The van der Waals surface area contributed by atoms with Gasteiger partial charge in [0, 0.05) is 0 Å². The molecule has 2 N–H and O–H groups in total. The number of nitrogens with one attached hydrogen (secondary N) is 1. The van der Waals surface area contributed by atoms with Crippen LogP contribution in [0.25, 0.3) is 0 Å². The van der Waals surface area contributed by atoms with Gasteiger partial charge in [0.1, 0.15) is 0 Å². The molecule has 6 heteroatoms. The molecule has 0 aromatic carbocycles. The molecule has 0 unspecified atom stereocenters. The third-order valence-corrected chi connectivity index (χ3v) is 11.6. The van der Waals surface area contributed by atoms with Crippen LogP contribution in [0.1, 0.15) is 111 Å². The van der Waals surface area contributed by atoms with Crippen LogP contribution in [0.2, 0.25) is 18.1 Å². The fourth-order valence-corrected chi connectivity index (χ4v) is 4.86. The zero-order valence-corrected chi connectivity index (χ0v) is 22.3. The third kappa shape index (κ3) is 11.2. The van der Waals surface area contributed by atoms with E-state index in [9.17, 15) is 9.90 Å². The zero-order chi connectivity index (χ0) is 23.3. The summed E-state index contributed by atoms with van der Waals surface area (Å²) in [6, 6.07) is -0.269. The minimum absolute atomic E-state index is 0.111. The number of aliphatic hydroxyl groups excluding tert-OH is 1. The number of carbonyl (C=O) groups excluding carboxylic acids is 1. The molecule has 1 saturated heterocycles. The van der Waals surface area contributed by atoms with Gasteiger partial charge < -0.3 is 19.6 Å². The predicted molar refractivity (Wildman–Crippen MR) is 132 cm³/mol. The molecule has 31 heavy (non-hydrogen) atoms. The summed E-state index contributed by atoms with van der Waals surface area (Å²) in [6.07, 6.45) is 14.7. The van der Waals surface area contributed by atoms with E-state index in [2.05, 4.69) is 46.1 Å². The maximum Gasteiger partial charge on any atom is 0.408 e. The van der Waals surface area contributed by atoms with E-state index in [-0.39, 0.29) is 11.1 Å². The minimum atomic E-state index is -1.91. The summed E-state index contributed by atoms with van der Waals surface area (Å²) in [5.41, 5.74) is 0. The highest BCUT2D eigenvalue weighted by Crippen LogP contribution is 2.37. The van der Waals surface area contributed by atoms with Crippen LogP contribution in [0.3, 0.4) is 0 Å². The van der Waals surface area contributed by atoms with E-state index < -0.39 is 26.6 Å². The van der Waals surface area contributed by atoms with Crippen LogP contribution in [-0.2, 0) is 9.16 Å². The largest absolute Gasteiger partial charge is 0.441 e. The topological polar surface area (TPSA) is 67.8 Å². The van der Waals surface area contributed by atoms with Gasteiger partial charge in [-0.3, -0.25) is 0 Å². The third-order valence-electron chi connectivity index (χ3n) is 7.11. The Morgan fingerprint density at radius 1 is 0.968 bits per heavy atom. The highest BCUT2D eigenvalue weighted by molar-refractivity contribution is 6.74. The number of hydrogen-bond acceptors (Lipinski definition) is 4. The van der Waals surface area contributed by atoms with Crippen molar-refractivity contribution in [1.29, 1.82) is 0 Å². The van der Waals surface area contributed by atoms with Gasteiger partial charge >= 0.3 is 6.09 Å². The Hall–Kier alpha value is -0.593. The second-order valence-corrected chi connectivity index (χ2v) is 15.7. The summed E-state index contributed by atoms with van der Waals surface area (Å²) in [4.78, 5) is 11.8. The summed E-state index contributed by atoms with van der Waals surface area (Å²) in [5, 5.41) is 13.6. The molecule has 0 radical (unpaired) electrons. The molecule has 184 valence electrons. The molecule has 0 aromatic rings. The van der Waals surface area contributed by atoms with Crippen molar-refractivity contribution in [3.05, 3.63) is 0 Å². The van der Waals surface area contributed by atoms with Crippen molar-refractivity contribution >= 4 is 14.4 Å². The maximum absolute atomic E-state index is 11.8. The highest BCUT2D eigenvalue weighted by atomic mass is 28.4. The van der Waals surface area contributed by atoms with Crippen molar-refractivity contribution in [1.82, 2.24) is 5.32 Å². The quantitative estimate of drug-likeness (QED) is 0.183. The first kappa shape index (κ1) is 28.4. The van der Waals surface area contributed by atoms with Crippen molar-refractivity contribution in [2.45, 2.75) is 148 Å². The normalized spacial score (nSPS) is 20.5. The van der Waals surface area contributed by atoms with E-state index in [0.29, 0.717) is 13.0 Å². The van der Waals surface area contributed by atoms with Crippen LogP contribution < -0.4 is 5.32 Å². The molecule has 1 aliphatic heterocycles. The fourth-order valence-electron chi connectivity index (χ4n) is 3.83. The van der Waals surface area contributed by atoms with E-state index >= 15 is 0 Å². The molecule has 0 saturated carbocycles. The Balaban J connectivity index is 2.18. The first-order valence-electron chi connectivity index (χ1n) is 12.9. The second kappa shape index (κ2) is 14.5. The van der Waals surface area contributed by atoms with E-state index in [1.165, 1.54) is 64.2 Å². The first-order valence-corrected chi connectivity index (χ1v) is 15.8. The molecule has 3 atom stereocenters. The molecule has 1 amide bonds. The van der Waals surface area contributed by atoms with E-state index in [0.717, 1.165) is 12.8 Å². The number of amides is 1. The lowest BCUT2D eigenvalue weighted by Gasteiger charge is -2.37. The van der Waals surface area contributed by atoms with Gasteiger partial charge in [-0.2, -0.15) is 0 Å². The van der Waals surface area contributed by atoms with Crippen molar-refractivity contribution in [3.8, 4) is 0 Å². The Bertz CT molecular complexity index is 492. The minimum Gasteiger partial charge on any atom is -0.441 e. The average molecular weight is 458 g/mol. The van der Waals surface area contributed by atoms with Crippen LogP contribution in [0.15, 0.2) is 0 Å². The highest BCUT2D eigenvalue weighted by Gasteiger charge is 2.42. The number of ether oxygens (including phenoxy) is 1. The number of aliphatic hydroxyl groups is 1. The summed E-state index contributed by atoms with van der Waals surface area (Å²) in [7, 11) is -1.91. The van der Waals surface area contributed by atoms with E-state index in [4.69, 9.17) is 9.16 Å². The van der Waals surface area contributed by atoms with E-state index in [1.807, 2.05) is 0 Å². The van der Waals surface area contributed by atoms with Crippen LogP contribution in [0.4, 0.5) is 4.79 Å². The van der Waals surface area contributed by atoms with Crippen LogP contribution >= 0.6 is 0 Å². The number of rotatable bonds is 17. The SMILES string of the molecule is CCCCCCCCCCCCCC[C@@H](O)[C@H]1OC(=O)N[C@H]1CO[Si](C)(C)C(C)(C)C. The van der Waals surface area contributed by atoms with Crippen LogP contribution in [0, 0.1) is 0 Å². The van der Waals surface area contributed by atoms with Gasteiger partial charge in [-0.25, -0.2) is 4.79 Å². The number of carbonyl (C=O) groups is 1. The van der Waals surface area contributed by atoms with Crippen LogP contribution in [0.5, 0.6) is 0 Å². The molecule has 5 nitrogen and oxygen atoms in total. The van der Waals surface area contributed by atoms with Crippen LogP contribution in [-0.4, -0.2) is 44.4 Å². The summed E-state index contributed by atoms with van der Waals surface area (Å²) >= 11 is 0. The van der Waals surface area contributed by atoms with Crippen molar-refractivity contribution < 1.29 is 19.1 Å². The molecule has 0 aromatic heterocycles. The second-order valence-electron chi connectivity index (χ2n) is 10.9. The van der Waals surface area contributed by atoms with Gasteiger partial charge in [0.15, 0.2) is 14.4 Å². The predicted octanol–water partition coefficient (Wildman–Crippen LogP) is 6.94. The lowest BCUT2D eigenvalue weighted by atomic mass is 10.00. The van der Waals surface area contributed by atoms with Gasteiger partial charge in [-0.05, 0) is 24.6 Å². The molecular weight excluding hydrogens is 406 g/mol. The van der Waals surface area contributed by atoms with Crippen molar-refractivity contribution in [2.75, 3.05) is 6.61 Å². The fraction of sp³-hybridized carbons (Fsp3) is 0.960. The number of hydrogen-bond donors (Lipinski definition) is 2. The Kier molecular flexibility index (Phi) is 13.3. The number of cyclic esters (lactones) is 1. The molecule has 0 aliphatic carbocycles. The van der Waals surface area contributed by atoms with E-state index in [1.54, 1.807) is 0 Å². The van der Waals surface area contributed by atoms with Gasteiger partial charge in [0.05, 0.1) is 18.8 Å². The lowest BCUT2D eigenvalue weighted by molar-refractivity contribution is 0.00589. The Morgan fingerprint density at radius 3 is 1.94 bits per heavy atom. The average Bonchev–Trinajstić information content (AvgIpc) is 3.07. The zero-order valence-electron chi connectivity index (χ0n) is 21.3. The smallest absolute Gasteiger partial charge is 0.408 e. The summed E-state index contributed by atoms with van der Waals surface area (Å²) in [6.45, 7) is 13.7. The summed E-state index contributed by atoms with van der Waals surface area (Å²) < 4.78 is 11.6. The number of alkyl carbamates (subject to hydrolysis) is 1. The molecule has 1 rings (SSSR count).